The van der Waals surface area contributed by atoms with Crippen LogP contribution in [0.25, 0.3) is 0 Å². The summed E-state index contributed by atoms with van der Waals surface area (Å²) in [7, 11) is 0. The van der Waals surface area contributed by atoms with Crippen molar-refractivity contribution in [2.75, 3.05) is 0 Å². The molecule has 1 aromatic rings. The molecule has 0 bridgehead atoms. The first-order chi connectivity index (χ1) is 9.41. The van der Waals surface area contributed by atoms with E-state index in [1.807, 2.05) is 26.0 Å². The van der Waals surface area contributed by atoms with Crippen molar-refractivity contribution in [1.29, 1.82) is 0 Å². The molecule has 3 rings (SSSR count). The average molecular weight is 352 g/mol. The summed E-state index contributed by atoms with van der Waals surface area (Å²) >= 11 is 24.4. The zero-order valence-corrected chi connectivity index (χ0v) is 13.7. The molecule has 0 fully saturated rings. The Morgan fingerprint density at radius 2 is 1.45 bits per heavy atom. The highest BCUT2D eigenvalue weighted by molar-refractivity contribution is 6.53. The maximum Gasteiger partial charge on any atom is 0.184 e. The normalized spacial score (nSPS) is 23.0. The van der Waals surface area contributed by atoms with Gasteiger partial charge in [0, 0.05) is 0 Å². The fourth-order valence-electron chi connectivity index (χ4n) is 2.32. The van der Waals surface area contributed by atoms with Gasteiger partial charge in [0.05, 0.1) is 10.0 Å². The van der Waals surface area contributed by atoms with E-state index in [0.29, 0.717) is 11.5 Å². The van der Waals surface area contributed by atoms with E-state index >= 15 is 0 Å². The van der Waals surface area contributed by atoms with Gasteiger partial charge in [-0.05, 0) is 25.5 Å². The van der Waals surface area contributed by atoms with Crippen LogP contribution in [-0.4, -0.2) is 12.2 Å². The highest BCUT2D eigenvalue weighted by atomic mass is 35.5. The molecule has 0 N–H and O–H groups in total. The van der Waals surface area contributed by atoms with Gasteiger partial charge in [0.2, 0.25) is 0 Å². The van der Waals surface area contributed by atoms with E-state index in [1.54, 1.807) is 0 Å². The molecular formula is C14H10Cl4O2. The number of benzene rings is 1. The summed E-state index contributed by atoms with van der Waals surface area (Å²) in [6.07, 6.45) is 3.45. The summed E-state index contributed by atoms with van der Waals surface area (Å²) in [4.78, 5) is 0. The number of ether oxygens (including phenoxy) is 2. The second-order valence-electron chi connectivity index (χ2n) is 4.85. The maximum absolute atomic E-state index is 6.19. The van der Waals surface area contributed by atoms with E-state index in [2.05, 4.69) is 0 Å². The number of hydrogen-bond donors (Lipinski definition) is 0. The molecule has 106 valence electrons. The Balaban J connectivity index is 2.14. The number of hydrogen-bond acceptors (Lipinski definition) is 2. The van der Waals surface area contributed by atoms with Crippen LogP contribution < -0.4 is 9.47 Å². The van der Waals surface area contributed by atoms with Crippen molar-refractivity contribution < 1.29 is 9.47 Å². The maximum atomic E-state index is 6.19. The Morgan fingerprint density at radius 3 is 2.00 bits per heavy atom. The first-order valence-corrected chi connectivity index (χ1v) is 7.47. The van der Waals surface area contributed by atoms with Gasteiger partial charge in [-0.2, -0.15) is 0 Å². The molecule has 0 saturated heterocycles. The first-order valence-electron chi connectivity index (χ1n) is 5.96. The molecule has 1 heterocycles. The lowest BCUT2D eigenvalue weighted by Gasteiger charge is -2.32. The second kappa shape index (κ2) is 5.03. The fourth-order valence-corrected chi connectivity index (χ4v) is 3.23. The monoisotopic (exact) mass is 350 g/mol. The first kappa shape index (κ1) is 14.4. The van der Waals surface area contributed by atoms with Crippen LogP contribution in [0.2, 0.25) is 20.1 Å². The average Bonchev–Trinajstić information content (AvgIpc) is 2.84. The Labute approximate surface area is 136 Å². The molecule has 1 aliphatic heterocycles. The van der Waals surface area contributed by atoms with Gasteiger partial charge in [-0.15, -0.1) is 0 Å². The van der Waals surface area contributed by atoms with Gasteiger partial charge in [-0.25, -0.2) is 0 Å². The molecule has 0 radical (unpaired) electrons. The molecule has 0 spiro atoms. The topological polar surface area (TPSA) is 18.5 Å². The van der Waals surface area contributed by atoms with Crippen molar-refractivity contribution in [2.45, 2.75) is 26.1 Å². The lowest BCUT2D eigenvalue weighted by molar-refractivity contribution is 0.0783. The summed E-state index contributed by atoms with van der Waals surface area (Å²) < 4.78 is 11.9. The lowest BCUT2D eigenvalue weighted by atomic mass is 10.1. The third kappa shape index (κ3) is 2.01. The van der Waals surface area contributed by atoms with E-state index < -0.39 is 0 Å². The van der Waals surface area contributed by atoms with Crippen LogP contribution in [0.1, 0.15) is 13.8 Å². The van der Waals surface area contributed by atoms with Crippen LogP contribution in [0.4, 0.5) is 0 Å². The van der Waals surface area contributed by atoms with Gasteiger partial charge in [-0.1, -0.05) is 58.1 Å². The Hall–Kier alpha value is -0.540. The number of halogens is 4. The van der Waals surface area contributed by atoms with E-state index in [-0.39, 0.29) is 32.3 Å². The summed E-state index contributed by atoms with van der Waals surface area (Å²) in [5.74, 6) is 0.682. The van der Waals surface area contributed by atoms with Crippen molar-refractivity contribution in [3.63, 3.8) is 0 Å². The Bertz CT molecular complexity index is 660. The number of fused-ring (bicyclic) bond motifs is 2. The van der Waals surface area contributed by atoms with Crippen LogP contribution in [0.3, 0.4) is 0 Å². The molecule has 20 heavy (non-hydrogen) atoms. The second-order valence-corrected chi connectivity index (χ2v) is 6.36. The van der Waals surface area contributed by atoms with Crippen molar-refractivity contribution >= 4 is 46.4 Å². The largest absolute Gasteiger partial charge is 0.476 e. The third-order valence-corrected chi connectivity index (χ3v) is 5.10. The number of allylic oxidation sites excluding steroid dienone is 1. The molecular weight excluding hydrogens is 342 g/mol. The quantitative estimate of drug-likeness (QED) is 0.440. The summed E-state index contributed by atoms with van der Waals surface area (Å²) in [6.45, 7) is 4.04. The molecule has 2 atom stereocenters. The SMILES string of the molecule is CC(C)=C1C=C[C@H]2Oc3c(Cl)c(Cl)c(Cl)c(Cl)c3O[C@@H]12. The van der Waals surface area contributed by atoms with Gasteiger partial charge in [0.1, 0.15) is 10.0 Å². The highest BCUT2D eigenvalue weighted by Gasteiger charge is 2.39. The molecule has 0 aromatic heterocycles. The van der Waals surface area contributed by atoms with Crippen LogP contribution in [-0.2, 0) is 0 Å². The highest BCUT2D eigenvalue weighted by Crippen LogP contribution is 2.53. The molecule has 1 aromatic carbocycles. The van der Waals surface area contributed by atoms with E-state index in [9.17, 15) is 0 Å². The smallest absolute Gasteiger partial charge is 0.184 e. The molecule has 2 nitrogen and oxygen atoms in total. The lowest BCUT2D eigenvalue weighted by Crippen LogP contribution is -2.37. The van der Waals surface area contributed by atoms with Gasteiger partial charge >= 0.3 is 0 Å². The van der Waals surface area contributed by atoms with E-state index in [4.69, 9.17) is 55.9 Å². The van der Waals surface area contributed by atoms with Crippen LogP contribution in [0, 0.1) is 0 Å². The number of rotatable bonds is 0. The van der Waals surface area contributed by atoms with E-state index in [0.717, 1.165) is 11.1 Å². The zero-order valence-electron chi connectivity index (χ0n) is 10.6. The van der Waals surface area contributed by atoms with Gasteiger partial charge in [0.25, 0.3) is 0 Å². The molecule has 0 amide bonds. The van der Waals surface area contributed by atoms with Crippen molar-refractivity contribution in [3.8, 4) is 11.5 Å². The van der Waals surface area contributed by atoms with E-state index in [1.165, 1.54) is 0 Å². The summed E-state index contributed by atoms with van der Waals surface area (Å²) in [5.41, 5.74) is 2.22. The fraction of sp³-hybridized carbons (Fsp3) is 0.286. The van der Waals surface area contributed by atoms with Crippen LogP contribution >= 0.6 is 46.4 Å². The molecule has 2 aliphatic rings. The molecule has 0 saturated carbocycles. The third-order valence-electron chi connectivity index (χ3n) is 3.33. The standard InChI is InChI=1S/C14H10Cl4O2/c1-5(2)6-3-4-7-12(6)20-14-11(18)9(16)8(15)10(17)13(14)19-7/h3-4,7,12H,1-2H3/t7-,12+/m1/s1. The van der Waals surface area contributed by atoms with Gasteiger partial charge in [-0.3, -0.25) is 0 Å². The van der Waals surface area contributed by atoms with Crippen molar-refractivity contribution in [1.82, 2.24) is 0 Å². The minimum absolute atomic E-state index is 0.170. The molecule has 1 aliphatic carbocycles. The zero-order chi connectivity index (χ0) is 14.6. The summed E-state index contributed by atoms with van der Waals surface area (Å²) in [6, 6.07) is 0. The predicted octanol–water partition coefficient (Wildman–Crippen LogP) is 5.71. The summed E-state index contributed by atoms with van der Waals surface area (Å²) in [5, 5.41) is 0.774. The minimum atomic E-state index is -0.238. The predicted molar refractivity (Wildman–Crippen MR) is 82.8 cm³/mol. The van der Waals surface area contributed by atoms with Crippen molar-refractivity contribution in [2.24, 2.45) is 0 Å². The van der Waals surface area contributed by atoms with Crippen LogP contribution in [0.5, 0.6) is 11.5 Å². The van der Waals surface area contributed by atoms with Gasteiger partial charge < -0.3 is 9.47 Å². The van der Waals surface area contributed by atoms with Crippen molar-refractivity contribution in [3.05, 3.63) is 43.4 Å². The Kier molecular flexibility index (Phi) is 3.62. The Morgan fingerprint density at radius 1 is 0.900 bits per heavy atom. The van der Waals surface area contributed by atoms with Crippen LogP contribution in [0.15, 0.2) is 23.3 Å². The minimum Gasteiger partial charge on any atom is -0.476 e. The van der Waals surface area contributed by atoms with Gasteiger partial charge in [0.15, 0.2) is 23.7 Å². The molecule has 6 heteroatoms. The molecule has 0 unspecified atom stereocenters.